The molecule has 0 radical (unpaired) electrons. The zero-order valence-electron chi connectivity index (χ0n) is 9.23. The first-order chi connectivity index (χ1) is 7.16. The fourth-order valence-corrected chi connectivity index (χ4v) is 4.17. The monoisotopic (exact) mass is 223 g/mol. The van der Waals surface area contributed by atoms with Gasteiger partial charge in [0.2, 0.25) is 0 Å². The van der Waals surface area contributed by atoms with Gasteiger partial charge in [0, 0.05) is 29.4 Å². The van der Waals surface area contributed by atoms with E-state index in [2.05, 4.69) is 23.7 Å². The zero-order chi connectivity index (χ0) is 10.6. The standard InChI is InChI=1S/C11H17N3S/c1-6(2)14-7-3-4-9(14)10-8(5-7)13-11(12)15-10/h6-7,9H,3-5H2,1-2H3,(H2,12,13). The molecule has 0 aliphatic carbocycles. The van der Waals surface area contributed by atoms with E-state index in [1.54, 1.807) is 11.3 Å². The minimum absolute atomic E-state index is 0.605. The summed E-state index contributed by atoms with van der Waals surface area (Å²) in [4.78, 5) is 8.55. The largest absolute Gasteiger partial charge is 0.375 e. The molecule has 3 nitrogen and oxygen atoms in total. The molecule has 2 unspecified atom stereocenters. The number of nitrogen functional groups attached to an aromatic ring is 1. The Hall–Kier alpha value is -0.610. The zero-order valence-corrected chi connectivity index (χ0v) is 10.0. The number of nitrogens with zero attached hydrogens (tertiary/aromatic N) is 2. The maximum absolute atomic E-state index is 5.80. The second-order valence-electron chi connectivity index (χ2n) is 4.86. The number of rotatable bonds is 1. The number of hydrogen-bond donors (Lipinski definition) is 1. The van der Waals surface area contributed by atoms with Crippen LogP contribution in [-0.2, 0) is 6.42 Å². The van der Waals surface area contributed by atoms with Crippen molar-refractivity contribution in [2.24, 2.45) is 0 Å². The topological polar surface area (TPSA) is 42.1 Å². The minimum Gasteiger partial charge on any atom is -0.375 e. The van der Waals surface area contributed by atoms with Crippen LogP contribution < -0.4 is 5.73 Å². The van der Waals surface area contributed by atoms with Crippen LogP contribution in [-0.4, -0.2) is 22.0 Å². The Morgan fingerprint density at radius 1 is 1.47 bits per heavy atom. The Balaban J connectivity index is 2.03. The third kappa shape index (κ3) is 1.31. The van der Waals surface area contributed by atoms with Gasteiger partial charge in [0.25, 0.3) is 0 Å². The van der Waals surface area contributed by atoms with Gasteiger partial charge in [0.05, 0.1) is 5.69 Å². The number of thiazole rings is 1. The van der Waals surface area contributed by atoms with Crippen LogP contribution in [0.3, 0.4) is 0 Å². The van der Waals surface area contributed by atoms with E-state index in [9.17, 15) is 0 Å². The molecule has 1 saturated heterocycles. The summed E-state index contributed by atoms with van der Waals surface area (Å²) in [6.45, 7) is 4.58. The molecule has 2 aliphatic rings. The average molecular weight is 223 g/mol. The summed E-state index contributed by atoms with van der Waals surface area (Å²) in [6, 6.07) is 1.96. The third-order valence-corrected chi connectivity index (χ3v) is 4.65. The van der Waals surface area contributed by atoms with Gasteiger partial charge in [-0.3, -0.25) is 4.90 Å². The highest BCUT2D eigenvalue weighted by molar-refractivity contribution is 7.15. The second kappa shape index (κ2) is 3.19. The molecular weight excluding hydrogens is 206 g/mol. The molecule has 2 N–H and O–H groups in total. The van der Waals surface area contributed by atoms with E-state index in [0.29, 0.717) is 18.1 Å². The Morgan fingerprint density at radius 2 is 2.27 bits per heavy atom. The molecule has 0 spiro atoms. The Morgan fingerprint density at radius 3 is 3.00 bits per heavy atom. The number of anilines is 1. The highest BCUT2D eigenvalue weighted by atomic mass is 32.1. The van der Waals surface area contributed by atoms with Gasteiger partial charge in [-0.05, 0) is 26.7 Å². The first kappa shape index (κ1) is 9.60. The third-order valence-electron chi connectivity index (χ3n) is 3.63. The van der Waals surface area contributed by atoms with E-state index in [-0.39, 0.29) is 0 Å². The van der Waals surface area contributed by atoms with Crippen LogP contribution in [0.15, 0.2) is 0 Å². The van der Waals surface area contributed by atoms with Crippen molar-refractivity contribution in [2.75, 3.05) is 5.73 Å². The molecule has 1 aromatic rings. The highest BCUT2D eigenvalue weighted by Crippen LogP contribution is 2.47. The van der Waals surface area contributed by atoms with Crippen molar-refractivity contribution in [3.8, 4) is 0 Å². The van der Waals surface area contributed by atoms with E-state index in [4.69, 9.17) is 5.73 Å². The summed E-state index contributed by atoms with van der Waals surface area (Å²) in [6.07, 6.45) is 3.72. The Kier molecular flexibility index (Phi) is 2.04. The Bertz CT molecular complexity index is 385. The summed E-state index contributed by atoms with van der Waals surface area (Å²) in [7, 11) is 0. The van der Waals surface area contributed by atoms with Gasteiger partial charge in [0.15, 0.2) is 5.13 Å². The van der Waals surface area contributed by atoms with Crippen LogP contribution in [0.4, 0.5) is 5.13 Å². The molecule has 82 valence electrons. The predicted molar refractivity (Wildman–Crippen MR) is 63.0 cm³/mol. The summed E-state index contributed by atoms with van der Waals surface area (Å²) >= 11 is 1.70. The molecular formula is C11H17N3S. The van der Waals surface area contributed by atoms with Gasteiger partial charge in [-0.25, -0.2) is 4.98 Å². The van der Waals surface area contributed by atoms with Gasteiger partial charge in [-0.2, -0.15) is 0 Å². The minimum atomic E-state index is 0.605. The lowest BCUT2D eigenvalue weighted by Crippen LogP contribution is -2.41. The lowest BCUT2D eigenvalue weighted by Gasteiger charge is -2.36. The van der Waals surface area contributed by atoms with Crippen molar-refractivity contribution in [3.63, 3.8) is 0 Å². The van der Waals surface area contributed by atoms with Crippen LogP contribution in [0.5, 0.6) is 0 Å². The highest BCUT2D eigenvalue weighted by Gasteiger charge is 2.42. The fourth-order valence-electron chi connectivity index (χ4n) is 3.17. The van der Waals surface area contributed by atoms with Crippen molar-refractivity contribution in [3.05, 3.63) is 10.6 Å². The van der Waals surface area contributed by atoms with Gasteiger partial charge in [-0.1, -0.05) is 0 Å². The van der Waals surface area contributed by atoms with Crippen LogP contribution in [0.1, 0.15) is 43.3 Å². The number of fused-ring (bicyclic) bond motifs is 4. The first-order valence-corrected chi connectivity index (χ1v) is 6.51. The molecule has 1 aromatic heterocycles. The molecule has 0 aromatic carbocycles. The van der Waals surface area contributed by atoms with Crippen LogP contribution >= 0.6 is 11.3 Å². The molecule has 2 aliphatic heterocycles. The van der Waals surface area contributed by atoms with Crippen molar-refractivity contribution in [1.82, 2.24) is 9.88 Å². The first-order valence-electron chi connectivity index (χ1n) is 5.69. The fraction of sp³-hybridized carbons (Fsp3) is 0.727. The number of aromatic nitrogens is 1. The smallest absolute Gasteiger partial charge is 0.180 e. The number of nitrogens with two attached hydrogens (primary N) is 1. The van der Waals surface area contributed by atoms with Crippen LogP contribution in [0.2, 0.25) is 0 Å². The SMILES string of the molecule is CC(C)N1C2CCC1c1sc(N)nc1C2. The van der Waals surface area contributed by atoms with E-state index in [1.165, 1.54) is 23.4 Å². The maximum Gasteiger partial charge on any atom is 0.180 e. The molecule has 3 rings (SSSR count). The van der Waals surface area contributed by atoms with Gasteiger partial charge in [-0.15, -0.1) is 11.3 Å². The summed E-state index contributed by atoms with van der Waals surface area (Å²) in [5, 5.41) is 0.747. The molecule has 4 heteroatoms. The van der Waals surface area contributed by atoms with E-state index in [1.807, 2.05) is 0 Å². The van der Waals surface area contributed by atoms with Crippen molar-refractivity contribution in [2.45, 2.75) is 51.2 Å². The molecule has 2 atom stereocenters. The quantitative estimate of drug-likeness (QED) is 0.793. The van der Waals surface area contributed by atoms with Gasteiger partial charge >= 0.3 is 0 Å². The molecule has 2 bridgehead atoms. The predicted octanol–water partition coefficient (Wildman–Crippen LogP) is 2.20. The van der Waals surface area contributed by atoms with E-state index < -0.39 is 0 Å². The molecule has 0 amide bonds. The van der Waals surface area contributed by atoms with E-state index in [0.717, 1.165) is 11.6 Å². The van der Waals surface area contributed by atoms with Crippen molar-refractivity contribution < 1.29 is 0 Å². The molecule has 3 heterocycles. The van der Waals surface area contributed by atoms with Crippen molar-refractivity contribution >= 4 is 16.5 Å². The number of hydrogen-bond acceptors (Lipinski definition) is 4. The Labute approximate surface area is 94.3 Å². The van der Waals surface area contributed by atoms with Crippen LogP contribution in [0.25, 0.3) is 0 Å². The second-order valence-corrected chi connectivity index (χ2v) is 5.92. The van der Waals surface area contributed by atoms with Crippen molar-refractivity contribution in [1.29, 1.82) is 0 Å². The maximum atomic E-state index is 5.80. The van der Waals surface area contributed by atoms with Gasteiger partial charge < -0.3 is 5.73 Å². The average Bonchev–Trinajstić information content (AvgIpc) is 2.68. The van der Waals surface area contributed by atoms with E-state index >= 15 is 0 Å². The summed E-state index contributed by atoms with van der Waals surface area (Å²) in [5.74, 6) is 0. The lowest BCUT2D eigenvalue weighted by molar-refractivity contribution is 0.136. The summed E-state index contributed by atoms with van der Waals surface area (Å²) < 4.78 is 0. The van der Waals surface area contributed by atoms with Crippen LogP contribution in [0, 0.1) is 0 Å². The molecule has 1 fully saturated rings. The summed E-state index contributed by atoms with van der Waals surface area (Å²) in [5.41, 5.74) is 7.08. The normalized spacial score (nSPS) is 29.8. The lowest BCUT2D eigenvalue weighted by atomic mass is 10.0. The van der Waals surface area contributed by atoms with Gasteiger partial charge in [0.1, 0.15) is 0 Å². The molecule has 15 heavy (non-hydrogen) atoms. The molecule has 0 saturated carbocycles.